The summed E-state index contributed by atoms with van der Waals surface area (Å²) >= 11 is 6.04. The molecule has 32 heavy (non-hydrogen) atoms. The summed E-state index contributed by atoms with van der Waals surface area (Å²) in [6.07, 6.45) is 0. The quantitative estimate of drug-likeness (QED) is 0.356. The van der Waals surface area contributed by atoms with Crippen molar-refractivity contribution in [3.8, 4) is 22.6 Å². The molecule has 0 unspecified atom stereocenters. The van der Waals surface area contributed by atoms with E-state index in [1.54, 1.807) is 28.4 Å². The molecule has 0 saturated heterocycles. The molecular formula is C26H22Cr2O4. The van der Waals surface area contributed by atoms with E-state index in [0.717, 1.165) is 43.8 Å². The third kappa shape index (κ3) is 3.85. The number of rotatable bonds is 7. The van der Waals surface area contributed by atoms with Gasteiger partial charge in [0.1, 0.15) is 0 Å². The Morgan fingerprint density at radius 2 is 0.969 bits per heavy atom. The van der Waals surface area contributed by atoms with Crippen molar-refractivity contribution in [2.45, 2.75) is 0 Å². The SMILES string of the molecule is CO[C](=[Cr])c1cc2ccccc2c(-c2c(OC)c([C](=[Cr])OC)cc3ccccc23)c1OC. The molecule has 162 valence electrons. The van der Waals surface area contributed by atoms with E-state index in [4.69, 9.17) is 18.9 Å². The first-order valence-corrected chi connectivity index (χ1v) is 11.2. The molecule has 4 aromatic carbocycles. The van der Waals surface area contributed by atoms with Crippen LogP contribution in [-0.2, 0) is 41.2 Å². The number of benzene rings is 4. The van der Waals surface area contributed by atoms with Crippen molar-refractivity contribution in [2.24, 2.45) is 0 Å². The normalized spacial score (nSPS) is 11.0. The van der Waals surface area contributed by atoms with Crippen LogP contribution in [0.5, 0.6) is 11.5 Å². The molecule has 0 spiro atoms. The number of hydrogen-bond donors (Lipinski definition) is 0. The first-order valence-electron chi connectivity index (χ1n) is 9.92. The third-order valence-electron chi connectivity index (χ3n) is 5.47. The molecule has 0 saturated carbocycles. The van der Waals surface area contributed by atoms with E-state index in [2.05, 4.69) is 68.1 Å². The fourth-order valence-electron chi connectivity index (χ4n) is 4.10. The Bertz CT molecular complexity index is 1260. The maximum atomic E-state index is 6.01. The van der Waals surface area contributed by atoms with E-state index < -0.39 is 0 Å². The van der Waals surface area contributed by atoms with Crippen molar-refractivity contribution >= 4 is 30.7 Å². The summed E-state index contributed by atoms with van der Waals surface area (Å²) in [6.45, 7) is 0. The molecule has 4 aromatic rings. The van der Waals surface area contributed by atoms with Crippen LogP contribution in [0.4, 0.5) is 0 Å². The summed E-state index contributed by atoms with van der Waals surface area (Å²) in [6, 6.07) is 20.6. The predicted molar refractivity (Wildman–Crippen MR) is 122 cm³/mol. The number of fused-ring (bicyclic) bond motifs is 2. The summed E-state index contributed by atoms with van der Waals surface area (Å²) in [7, 11) is 6.64. The Balaban J connectivity index is 2.28. The van der Waals surface area contributed by atoms with E-state index >= 15 is 0 Å². The Kier molecular flexibility index (Phi) is 6.94. The van der Waals surface area contributed by atoms with Crippen LogP contribution < -0.4 is 9.47 Å². The molecule has 0 aliphatic heterocycles. The zero-order valence-electron chi connectivity index (χ0n) is 18.2. The third-order valence-corrected chi connectivity index (χ3v) is 6.68. The van der Waals surface area contributed by atoms with Crippen LogP contribution in [0.25, 0.3) is 32.7 Å². The fraction of sp³-hybridized carbons (Fsp3) is 0.154. The average molecular weight is 502 g/mol. The first-order chi connectivity index (χ1) is 15.5. The van der Waals surface area contributed by atoms with Gasteiger partial charge in [-0.05, 0) is 0 Å². The summed E-state index contributed by atoms with van der Waals surface area (Å²) in [5.41, 5.74) is 3.56. The van der Waals surface area contributed by atoms with E-state index in [-0.39, 0.29) is 0 Å². The minimum atomic E-state index is 0.654. The van der Waals surface area contributed by atoms with Gasteiger partial charge in [-0.3, -0.25) is 0 Å². The molecule has 0 aliphatic rings. The molecule has 0 radical (unpaired) electrons. The van der Waals surface area contributed by atoms with Crippen LogP contribution in [0.1, 0.15) is 11.1 Å². The van der Waals surface area contributed by atoms with Gasteiger partial charge < -0.3 is 0 Å². The second kappa shape index (κ2) is 9.69. The molecule has 6 heteroatoms. The molecule has 0 fully saturated rings. The average Bonchev–Trinajstić information content (AvgIpc) is 2.85. The molecule has 4 rings (SSSR count). The fourth-order valence-corrected chi connectivity index (χ4v) is 4.57. The molecular weight excluding hydrogens is 480 g/mol. The molecule has 0 atom stereocenters. The van der Waals surface area contributed by atoms with E-state index in [1.807, 2.05) is 24.3 Å². The molecule has 0 bridgehead atoms. The van der Waals surface area contributed by atoms with E-state index in [9.17, 15) is 0 Å². The summed E-state index contributed by atoms with van der Waals surface area (Å²) in [4.78, 5) is 0. The molecule has 0 aromatic heterocycles. The number of methoxy groups -OCH3 is 4. The van der Waals surface area contributed by atoms with Gasteiger partial charge in [0.2, 0.25) is 0 Å². The topological polar surface area (TPSA) is 36.9 Å². The van der Waals surface area contributed by atoms with Gasteiger partial charge >= 0.3 is 204 Å². The Hall–Kier alpha value is -2.28. The van der Waals surface area contributed by atoms with Gasteiger partial charge in [0.25, 0.3) is 0 Å². The van der Waals surface area contributed by atoms with Crippen molar-refractivity contribution in [2.75, 3.05) is 28.4 Å². The van der Waals surface area contributed by atoms with Gasteiger partial charge in [-0.1, -0.05) is 0 Å². The second-order valence-electron chi connectivity index (χ2n) is 7.09. The molecule has 0 amide bonds. The minimum absolute atomic E-state index is 0.654. The van der Waals surface area contributed by atoms with Gasteiger partial charge in [0.05, 0.1) is 0 Å². The van der Waals surface area contributed by atoms with Crippen LogP contribution in [0, 0.1) is 0 Å². The zero-order valence-corrected chi connectivity index (χ0v) is 20.8. The van der Waals surface area contributed by atoms with Gasteiger partial charge in [0, 0.05) is 0 Å². The Morgan fingerprint density at radius 3 is 1.31 bits per heavy atom. The van der Waals surface area contributed by atoms with Crippen LogP contribution in [-0.4, -0.2) is 37.6 Å². The summed E-state index contributed by atoms with van der Waals surface area (Å²) < 4.78 is 24.5. The molecule has 4 nitrogen and oxygen atoms in total. The van der Waals surface area contributed by atoms with Gasteiger partial charge in [-0.25, -0.2) is 0 Å². The van der Waals surface area contributed by atoms with Crippen LogP contribution in [0.2, 0.25) is 0 Å². The van der Waals surface area contributed by atoms with Gasteiger partial charge in [0.15, 0.2) is 0 Å². The van der Waals surface area contributed by atoms with E-state index in [1.165, 1.54) is 0 Å². The number of hydrogen-bond acceptors (Lipinski definition) is 4. The van der Waals surface area contributed by atoms with Crippen molar-refractivity contribution < 1.29 is 50.7 Å². The standard InChI is InChI=1S/C26H22O4.2Cr/c1-27-15-19-13-17-9-5-7-11-21(17)23(25(19)29-3)24-22-12-8-6-10-18(22)14-20(16-28-2)26(24)30-4;;/h5-14H,1-4H3;;. The molecule has 0 heterocycles. The first kappa shape index (κ1) is 22.9. The van der Waals surface area contributed by atoms with Crippen LogP contribution in [0.15, 0.2) is 60.7 Å². The van der Waals surface area contributed by atoms with Gasteiger partial charge in [-0.2, -0.15) is 0 Å². The summed E-state index contributed by atoms with van der Waals surface area (Å²) in [5, 5.41) is 4.24. The predicted octanol–water partition coefficient (Wildman–Crippen LogP) is 5.02. The second-order valence-corrected chi connectivity index (χ2v) is 8.25. The maximum absolute atomic E-state index is 6.01. The van der Waals surface area contributed by atoms with Crippen LogP contribution in [0.3, 0.4) is 0 Å². The van der Waals surface area contributed by atoms with Crippen molar-refractivity contribution in [3.05, 3.63) is 71.8 Å². The molecule has 0 N–H and O–H groups in total. The van der Waals surface area contributed by atoms with Crippen molar-refractivity contribution in [1.29, 1.82) is 0 Å². The van der Waals surface area contributed by atoms with Crippen molar-refractivity contribution in [1.82, 2.24) is 0 Å². The molecule has 0 aliphatic carbocycles. The zero-order chi connectivity index (χ0) is 22.8. The van der Waals surface area contributed by atoms with Crippen molar-refractivity contribution in [3.63, 3.8) is 0 Å². The van der Waals surface area contributed by atoms with Crippen LogP contribution >= 0.6 is 0 Å². The van der Waals surface area contributed by atoms with E-state index in [0.29, 0.717) is 20.6 Å². The Labute approximate surface area is 203 Å². The summed E-state index contributed by atoms with van der Waals surface area (Å²) in [5.74, 6) is 1.41. The number of ether oxygens (including phenoxy) is 4. The Morgan fingerprint density at radius 1 is 0.594 bits per heavy atom. The van der Waals surface area contributed by atoms with Gasteiger partial charge in [-0.15, -0.1) is 0 Å². The monoisotopic (exact) mass is 502 g/mol.